The highest BCUT2D eigenvalue weighted by molar-refractivity contribution is 5.98. The molecule has 0 fully saturated rings. The van der Waals surface area contributed by atoms with Gasteiger partial charge >= 0.3 is 0 Å². The van der Waals surface area contributed by atoms with Crippen molar-refractivity contribution in [2.24, 2.45) is 0 Å². The van der Waals surface area contributed by atoms with Gasteiger partial charge in [-0.1, -0.05) is 60.2 Å². The number of nitrogens with zero attached hydrogens (tertiary/aromatic N) is 4. The highest BCUT2D eigenvalue weighted by Crippen LogP contribution is 2.17. The molecule has 0 radical (unpaired) electrons. The van der Waals surface area contributed by atoms with Gasteiger partial charge in [0.05, 0.1) is 0 Å². The maximum absolute atomic E-state index is 13.2. The third-order valence-electron chi connectivity index (χ3n) is 6.12. The monoisotopic (exact) mass is 473 g/mol. The van der Waals surface area contributed by atoms with Crippen LogP contribution in [0.5, 0.6) is 0 Å². The highest BCUT2D eigenvalue weighted by Gasteiger charge is 2.26. The van der Waals surface area contributed by atoms with Crippen LogP contribution in [-0.4, -0.2) is 57.4 Å². The number of carbonyl (C=O) groups is 3. The first-order valence-electron chi connectivity index (χ1n) is 11.9. The van der Waals surface area contributed by atoms with Gasteiger partial charge in [0.25, 0.3) is 11.8 Å². The van der Waals surface area contributed by atoms with Gasteiger partial charge in [0.2, 0.25) is 5.91 Å². The molecule has 1 aromatic heterocycles. The molecular formula is C27H31N5O3. The average molecular weight is 474 g/mol. The second kappa shape index (κ2) is 11.0. The van der Waals surface area contributed by atoms with Crippen molar-refractivity contribution in [3.63, 3.8) is 0 Å². The zero-order valence-electron chi connectivity index (χ0n) is 20.2. The fourth-order valence-corrected chi connectivity index (χ4v) is 4.12. The van der Waals surface area contributed by atoms with Crippen LogP contribution in [0.1, 0.15) is 50.5 Å². The van der Waals surface area contributed by atoms with E-state index in [1.165, 1.54) is 5.56 Å². The summed E-state index contributed by atoms with van der Waals surface area (Å²) in [7, 11) is 1.75. The van der Waals surface area contributed by atoms with Crippen molar-refractivity contribution in [3.05, 3.63) is 88.7 Å². The number of hydrogen-bond acceptors (Lipinski definition) is 4. The molecule has 0 bridgehead atoms. The summed E-state index contributed by atoms with van der Waals surface area (Å²) >= 11 is 0. The third-order valence-corrected chi connectivity index (χ3v) is 6.12. The van der Waals surface area contributed by atoms with Crippen LogP contribution in [0.2, 0.25) is 0 Å². The van der Waals surface area contributed by atoms with Crippen LogP contribution in [0.4, 0.5) is 0 Å². The van der Waals surface area contributed by atoms with Crippen molar-refractivity contribution in [2.75, 3.05) is 20.1 Å². The van der Waals surface area contributed by atoms with Gasteiger partial charge < -0.3 is 15.1 Å². The Balaban J connectivity index is 1.32. The van der Waals surface area contributed by atoms with Gasteiger partial charge in [0.15, 0.2) is 5.69 Å². The first-order valence-corrected chi connectivity index (χ1v) is 11.9. The van der Waals surface area contributed by atoms with Gasteiger partial charge in [-0.25, -0.2) is 0 Å². The van der Waals surface area contributed by atoms with Gasteiger partial charge in [0, 0.05) is 52.3 Å². The Labute approximate surface area is 205 Å². The summed E-state index contributed by atoms with van der Waals surface area (Å²) in [6, 6.07) is 19.4. The van der Waals surface area contributed by atoms with Crippen LogP contribution >= 0.6 is 0 Å². The minimum absolute atomic E-state index is 0.0586. The summed E-state index contributed by atoms with van der Waals surface area (Å²) in [6.45, 7) is 4.47. The number of fused-ring (bicyclic) bond motifs is 1. The molecule has 3 aromatic rings. The molecule has 0 saturated heterocycles. The van der Waals surface area contributed by atoms with E-state index >= 15 is 0 Å². The maximum Gasteiger partial charge on any atom is 0.272 e. The zero-order chi connectivity index (χ0) is 24.8. The van der Waals surface area contributed by atoms with E-state index in [1.54, 1.807) is 27.6 Å². The van der Waals surface area contributed by atoms with Crippen molar-refractivity contribution < 1.29 is 14.4 Å². The van der Waals surface area contributed by atoms with E-state index in [2.05, 4.69) is 10.4 Å². The second-order valence-electron chi connectivity index (χ2n) is 8.95. The molecule has 2 aromatic carbocycles. The number of benzene rings is 2. The predicted molar refractivity (Wildman–Crippen MR) is 133 cm³/mol. The van der Waals surface area contributed by atoms with Crippen LogP contribution in [0.3, 0.4) is 0 Å². The number of hydrogen-bond donors (Lipinski definition) is 1. The standard InChI is InChI=1S/C27H31N5O3/c1-20-9-11-22(12-10-20)19-31-15-6-16-32-24(27(31)35)17-23(29-32)26(34)28-14-13-25(33)30(2)18-21-7-4-3-5-8-21/h3-5,7-12,17H,6,13-16,18-19H2,1-2H3,(H,28,34). The lowest BCUT2D eigenvalue weighted by atomic mass is 10.1. The van der Waals surface area contributed by atoms with Crippen molar-refractivity contribution >= 4 is 17.7 Å². The lowest BCUT2D eigenvalue weighted by Crippen LogP contribution is -2.32. The van der Waals surface area contributed by atoms with Crippen LogP contribution in [-0.2, 0) is 24.4 Å². The van der Waals surface area contributed by atoms with Crippen molar-refractivity contribution in [1.82, 2.24) is 24.9 Å². The molecule has 35 heavy (non-hydrogen) atoms. The average Bonchev–Trinajstić information content (AvgIpc) is 3.23. The summed E-state index contributed by atoms with van der Waals surface area (Å²) in [5.74, 6) is -0.578. The van der Waals surface area contributed by atoms with Gasteiger partial charge in [-0.15, -0.1) is 0 Å². The largest absolute Gasteiger partial charge is 0.350 e. The summed E-state index contributed by atoms with van der Waals surface area (Å²) in [6.07, 6.45) is 0.946. The molecule has 0 atom stereocenters. The Kier molecular flexibility index (Phi) is 7.60. The van der Waals surface area contributed by atoms with Crippen molar-refractivity contribution in [3.8, 4) is 0 Å². The molecule has 182 valence electrons. The summed E-state index contributed by atoms with van der Waals surface area (Å²) in [5, 5.41) is 7.12. The van der Waals surface area contributed by atoms with Crippen LogP contribution in [0.15, 0.2) is 60.7 Å². The predicted octanol–water partition coefficient (Wildman–Crippen LogP) is 3.02. The fraction of sp³-hybridized carbons (Fsp3) is 0.333. The zero-order valence-corrected chi connectivity index (χ0v) is 20.2. The quantitative estimate of drug-likeness (QED) is 0.545. The Morgan fingerprint density at radius 2 is 1.77 bits per heavy atom. The molecule has 1 N–H and O–H groups in total. The smallest absolute Gasteiger partial charge is 0.272 e. The van der Waals surface area contributed by atoms with Crippen molar-refractivity contribution in [1.29, 1.82) is 0 Å². The molecular weight excluding hydrogens is 442 g/mol. The first kappa shape index (κ1) is 24.2. The van der Waals surface area contributed by atoms with Gasteiger partial charge in [-0.2, -0.15) is 5.10 Å². The molecule has 2 heterocycles. The fourth-order valence-electron chi connectivity index (χ4n) is 4.12. The maximum atomic E-state index is 13.2. The molecule has 1 aliphatic rings. The van der Waals surface area contributed by atoms with E-state index in [4.69, 9.17) is 0 Å². The first-order chi connectivity index (χ1) is 16.9. The molecule has 0 spiro atoms. The number of carbonyl (C=O) groups excluding carboxylic acids is 3. The lowest BCUT2D eigenvalue weighted by Gasteiger charge is -2.20. The van der Waals surface area contributed by atoms with E-state index < -0.39 is 0 Å². The number of aryl methyl sites for hydroxylation is 2. The van der Waals surface area contributed by atoms with Gasteiger partial charge in [-0.05, 0) is 24.5 Å². The van der Waals surface area contributed by atoms with Crippen LogP contribution in [0.25, 0.3) is 0 Å². The number of nitrogens with one attached hydrogen (secondary N) is 1. The van der Waals surface area contributed by atoms with Crippen LogP contribution < -0.4 is 5.32 Å². The molecule has 0 aliphatic carbocycles. The van der Waals surface area contributed by atoms with E-state index in [9.17, 15) is 14.4 Å². The van der Waals surface area contributed by atoms with E-state index in [0.29, 0.717) is 31.9 Å². The molecule has 8 heteroatoms. The Morgan fingerprint density at radius 1 is 1.03 bits per heavy atom. The lowest BCUT2D eigenvalue weighted by molar-refractivity contribution is -0.130. The summed E-state index contributed by atoms with van der Waals surface area (Å²) in [4.78, 5) is 41.7. The Morgan fingerprint density at radius 3 is 2.51 bits per heavy atom. The Hall–Kier alpha value is -3.94. The number of rotatable bonds is 8. The highest BCUT2D eigenvalue weighted by atomic mass is 16.2. The Bertz CT molecular complexity index is 1190. The molecule has 4 rings (SSSR count). The molecule has 0 saturated carbocycles. The number of aromatic nitrogens is 2. The SMILES string of the molecule is Cc1ccc(CN2CCCn3nc(C(=O)NCCC(=O)N(C)Cc4ccccc4)cc3C2=O)cc1. The van der Waals surface area contributed by atoms with Crippen LogP contribution in [0, 0.1) is 6.92 Å². The molecule has 8 nitrogen and oxygen atoms in total. The topological polar surface area (TPSA) is 87.5 Å². The molecule has 0 unspecified atom stereocenters. The van der Waals surface area contributed by atoms with E-state index in [1.807, 2.05) is 61.5 Å². The molecule has 1 aliphatic heterocycles. The van der Waals surface area contributed by atoms with Gasteiger partial charge in [-0.3, -0.25) is 19.1 Å². The van der Waals surface area contributed by atoms with E-state index in [-0.39, 0.29) is 36.4 Å². The number of amides is 3. The minimum Gasteiger partial charge on any atom is -0.350 e. The third kappa shape index (κ3) is 6.15. The summed E-state index contributed by atoms with van der Waals surface area (Å²) in [5.41, 5.74) is 3.90. The minimum atomic E-state index is -0.387. The summed E-state index contributed by atoms with van der Waals surface area (Å²) < 4.78 is 1.62. The second-order valence-corrected chi connectivity index (χ2v) is 8.95. The van der Waals surface area contributed by atoms with Crippen molar-refractivity contribution in [2.45, 2.75) is 39.4 Å². The van der Waals surface area contributed by atoms with Gasteiger partial charge in [0.1, 0.15) is 5.69 Å². The normalized spacial score (nSPS) is 13.2. The molecule has 3 amide bonds. The van der Waals surface area contributed by atoms with E-state index in [0.717, 1.165) is 17.5 Å².